The minimum absolute atomic E-state index is 0.0331. The Morgan fingerprint density at radius 3 is 2.37 bits per heavy atom. The van der Waals surface area contributed by atoms with Gasteiger partial charge < -0.3 is 0 Å². The van der Waals surface area contributed by atoms with Crippen molar-refractivity contribution in [3.8, 4) is 11.3 Å². The Labute approximate surface area is 109 Å². The first-order valence-corrected chi connectivity index (χ1v) is 5.53. The van der Waals surface area contributed by atoms with Crippen molar-refractivity contribution in [1.82, 2.24) is 4.98 Å². The van der Waals surface area contributed by atoms with E-state index in [-0.39, 0.29) is 5.69 Å². The smallest absolute Gasteiger partial charge is 0.287 e. The minimum Gasteiger partial charge on any atom is -0.299 e. The first-order chi connectivity index (χ1) is 9.20. The molecular formula is C14H10N2O3. The Morgan fingerprint density at radius 1 is 1.11 bits per heavy atom. The van der Waals surface area contributed by atoms with E-state index in [0.29, 0.717) is 12.0 Å². The summed E-state index contributed by atoms with van der Waals surface area (Å²) in [6, 6.07) is 10.4. The van der Waals surface area contributed by atoms with Crippen molar-refractivity contribution in [3.05, 3.63) is 64.3 Å². The molecule has 0 fully saturated rings. The zero-order valence-electron chi connectivity index (χ0n) is 9.89. The molecule has 1 heterocycles. The van der Waals surface area contributed by atoms with E-state index < -0.39 is 4.92 Å². The Kier molecular flexibility index (Phi) is 3.78. The molecule has 0 bridgehead atoms. The molecule has 94 valence electrons. The highest BCUT2D eigenvalue weighted by Gasteiger charge is 2.06. The average Bonchev–Trinajstić information content (AvgIpc) is 2.46. The predicted octanol–water partition coefficient (Wildman–Crippen LogP) is 2.87. The number of aldehydes is 1. The van der Waals surface area contributed by atoms with Crippen LogP contribution in [0.1, 0.15) is 5.56 Å². The first kappa shape index (κ1) is 12.6. The molecule has 1 aromatic heterocycles. The fourth-order valence-corrected chi connectivity index (χ4v) is 1.58. The van der Waals surface area contributed by atoms with Gasteiger partial charge in [-0.2, -0.15) is 0 Å². The standard InChI is InChI=1S/C14H10N2O3/c17-9-1-2-11-3-5-12(6-4-11)14-8-7-13(10-15-14)16(18)19/h1-10H. The molecule has 1 aromatic carbocycles. The molecule has 2 rings (SSSR count). The molecule has 0 amide bonds. The molecule has 5 heteroatoms. The summed E-state index contributed by atoms with van der Waals surface area (Å²) in [7, 11) is 0. The summed E-state index contributed by atoms with van der Waals surface area (Å²) in [4.78, 5) is 24.3. The molecule has 0 saturated heterocycles. The third kappa shape index (κ3) is 3.10. The van der Waals surface area contributed by atoms with E-state index in [0.717, 1.165) is 11.1 Å². The van der Waals surface area contributed by atoms with Crippen molar-refractivity contribution in [2.45, 2.75) is 0 Å². The lowest BCUT2D eigenvalue weighted by Crippen LogP contribution is -1.90. The number of nitrogens with zero attached hydrogens (tertiary/aromatic N) is 2. The lowest BCUT2D eigenvalue weighted by atomic mass is 10.1. The number of hydrogen-bond donors (Lipinski definition) is 0. The lowest BCUT2D eigenvalue weighted by Gasteiger charge is -2.01. The fourth-order valence-electron chi connectivity index (χ4n) is 1.58. The summed E-state index contributed by atoms with van der Waals surface area (Å²) in [6.45, 7) is 0. The molecule has 0 atom stereocenters. The second-order valence-corrected chi connectivity index (χ2v) is 3.78. The third-order valence-corrected chi connectivity index (χ3v) is 2.53. The summed E-state index contributed by atoms with van der Waals surface area (Å²) in [5, 5.41) is 10.5. The number of aromatic nitrogens is 1. The van der Waals surface area contributed by atoms with Gasteiger partial charge in [0, 0.05) is 11.6 Å². The van der Waals surface area contributed by atoms with Crippen LogP contribution in [0.3, 0.4) is 0 Å². The highest BCUT2D eigenvalue weighted by molar-refractivity contribution is 5.74. The van der Waals surface area contributed by atoms with Crippen molar-refractivity contribution in [1.29, 1.82) is 0 Å². The zero-order chi connectivity index (χ0) is 13.7. The van der Waals surface area contributed by atoms with Crippen LogP contribution in [0.15, 0.2) is 48.7 Å². The number of allylic oxidation sites excluding steroid dienone is 1. The van der Waals surface area contributed by atoms with E-state index in [4.69, 9.17) is 0 Å². The number of carbonyl (C=O) groups is 1. The maximum absolute atomic E-state index is 10.5. The van der Waals surface area contributed by atoms with Crippen LogP contribution in [-0.4, -0.2) is 16.2 Å². The van der Waals surface area contributed by atoms with Crippen LogP contribution >= 0.6 is 0 Å². The van der Waals surface area contributed by atoms with Crippen molar-refractivity contribution in [2.75, 3.05) is 0 Å². The second-order valence-electron chi connectivity index (χ2n) is 3.78. The molecule has 0 aliphatic heterocycles. The van der Waals surface area contributed by atoms with Crippen LogP contribution in [0.5, 0.6) is 0 Å². The van der Waals surface area contributed by atoms with Crippen molar-refractivity contribution < 1.29 is 9.72 Å². The monoisotopic (exact) mass is 254 g/mol. The molecule has 0 unspecified atom stereocenters. The predicted molar refractivity (Wildman–Crippen MR) is 71.4 cm³/mol. The van der Waals surface area contributed by atoms with E-state index in [1.54, 1.807) is 12.1 Å². The quantitative estimate of drug-likeness (QED) is 0.364. The maximum atomic E-state index is 10.5. The largest absolute Gasteiger partial charge is 0.299 e. The number of pyridine rings is 1. The summed E-state index contributed by atoms with van der Waals surface area (Å²) in [5.74, 6) is 0. The molecule has 2 aromatic rings. The van der Waals surface area contributed by atoms with Crippen LogP contribution in [-0.2, 0) is 4.79 Å². The van der Waals surface area contributed by atoms with Crippen molar-refractivity contribution >= 4 is 18.0 Å². The summed E-state index contributed by atoms with van der Waals surface area (Å²) >= 11 is 0. The van der Waals surface area contributed by atoms with Gasteiger partial charge >= 0.3 is 0 Å². The molecule has 5 nitrogen and oxygen atoms in total. The molecule has 0 N–H and O–H groups in total. The van der Waals surface area contributed by atoms with Crippen LogP contribution in [0.25, 0.3) is 17.3 Å². The average molecular weight is 254 g/mol. The molecule has 0 aliphatic rings. The van der Waals surface area contributed by atoms with Gasteiger partial charge in [-0.3, -0.25) is 14.9 Å². The highest BCUT2D eigenvalue weighted by atomic mass is 16.6. The van der Waals surface area contributed by atoms with Gasteiger partial charge in [-0.25, -0.2) is 4.98 Å². The van der Waals surface area contributed by atoms with E-state index in [1.807, 2.05) is 24.3 Å². The summed E-state index contributed by atoms with van der Waals surface area (Å²) < 4.78 is 0. The van der Waals surface area contributed by atoms with Crippen LogP contribution < -0.4 is 0 Å². The number of nitro groups is 1. The number of hydrogen-bond acceptors (Lipinski definition) is 4. The van der Waals surface area contributed by atoms with Crippen LogP contribution in [0.2, 0.25) is 0 Å². The Balaban J connectivity index is 2.24. The van der Waals surface area contributed by atoms with Gasteiger partial charge in [0.2, 0.25) is 0 Å². The van der Waals surface area contributed by atoms with E-state index in [9.17, 15) is 14.9 Å². The van der Waals surface area contributed by atoms with Gasteiger partial charge in [0.05, 0.1) is 10.6 Å². The fraction of sp³-hybridized carbons (Fsp3) is 0. The Morgan fingerprint density at radius 2 is 1.84 bits per heavy atom. The molecule has 19 heavy (non-hydrogen) atoms. The third-order valence-electron chi connectivity index (χ3n) is 2.53. The zero-order valence-corrected chi connectivity index (χ0v) is 9.89. The normalized spacial score (nSPS) is 10.5. The SMILES string of the molecule is O=CC=Cc1ccc(-c2ccc([N+](=O)[O-])cn2)cc1. The van der Waals surface area contributed by atoms with E-state index in [2.05, 4.69) is 4.98 Å². The van der Waals surface area contributed by atoms with Gasteiger partial charge in [-0.05, 0) is 17.7 Å². The Hall–Kier alpha value is -2.82. The number of benzene rings is 1. The molecule has 0 aliphatic carbocycles. The molecular weight excluding hydrogens is 244 g/mol. The van der Waals surface area contributed by atoms with Crippen molar-refractivity contribution in [2.24, 2.45) is 0 Å². The van der Waals surface area contributed by atoms with E-state index in [1.165, 1.54) is 18.3 Å². The lowest BCUT2D eigenvalue weighted by molar-refractivity contribution is -0.385. The van der Waals surface area contributed by atoms with E-state index >= 15 is 0 Å². The highest BCUT2D eigenvalue weighted by Crippen LogP contribution is 2.20. The molecule has 0 spiro atoms. The topological polar surface area (TPSA) is 73.1 Å². The first-order valence-electron chi connectivity index (χ1n) is 5.53. The van der Waals surface area contributed by atoms with Crippen LogP contribution in [0, 0.1) is 10.1 Å². The van der Waals surface area contributed by atoms with Gasteiger partial charge in [0.1, 0.15) is 12.5 Å². The minimum atomic E-state index is -0.482. The number of rotatable bonds is 4. The Bertz CT molecular complexity index is 616. The van der Waals surface area contributed by atoms with Gasteiger partial charge in [-0.1, -0.05) is 30.3 Å². The van der Waals surface area contributed by atoms with Gasteiger partial charge in [0.15, 0.2) is 0 Å². The second kappa shape index (κ2) is 5.68. The van der Waals surface area contributed by atoms with Crippen LogP contribution in [0.4, 0.5) is 5.69 Å². The number of carbonyl (C=O) groups excluding carboxylic acids is 1. The summed E-state index contributed by atoms with van der Waals surface area (Å²) in [6.07, 6.45) is 5.06. The summed E-state index contributed by atoms with van der Waals surface area (Å²) in [5.41, 5.74) is 2.39. The maximum Gasteiger partial charge on any atom is 0.287 e. The molecule has 0 saturated carbocycles. The van der Waals surface area contributed by atoms with Gasteiger partial charge in [-0.15, -0.1) is 0 Å². The van der Waals surface area contributed by atoms with Crippen molar-refractivity contribution in [3.63, 3.8) is 0 Å². The molecule has 0 radical (unpaired) electrons. The van der Waals surface area contributed by atoms with Gasteiger partial charge in [0.25, 0.3) is 5.69 Å².